The molecule has 3 heteroatoms. The summed E-state index contributed by atoms with van der Waals surface area (Å²) >= 11 is 0. The lowest BCUT2D eigenvalue weighted by molar-refractivity contribution is 0.669. The summed E-state index contributed by atoms with van der Waals surface area (Å²) in [5.74, 6) is 0. The molecule has 0 aliphatic carbocycles. The maximum absolute atomic E-state index is 6.37. The van der Waals surface area contributed by atoms with E-state index in [1.807, 2.05) is 6.07 Å². The van der Waals surface area contributed by atoms with Crippen molar-refractivity contribution in [1.82, 2.24) is 4.57 Å². The lowest BCUT2D eigenvalue weighted by Gasteiger charge is -2.28. The van der Waals surface area contributed by atoms with Crippen LogP contribution in [0.25, 0.3) is 82.1 Å². The third-order valence-electron chi connectivity index (χ3n) is 10.8. The second-order valence-corrected chi connectivity index (χ2v) is 13.7. The third-order valence-corrected chi connectivity index (χ3v) is 10.8. The Bertz CT molecular complexity index is 3130. The molecule has 0 unspecified atom stereocenters. The van der Waals surface area contributed by atoms with E-state index < -0.39 is 0 Å². The van der Waals surface area contributed by atoms with Crippen LogP contribution in [-0.4, -0.2) is 4.57 Å². The molecular weight excluding hydrogens is 645 g/mol. The number of aromatic nitrogens is 1. The molecule has 0 bridgehead atoms. The van der Waals surface area contributed by atoms with Crippen LogP contribution in [0.3, 0.4) is 0 Å². The monoisotopic (exact) mass is 676 g/mol. The Hall–Kier alpha value is -7.10. The number of anilines is 3. The SMILES string of the molecule is c1ccc(N(c2ccc(-n3c4ccccc4c4ccccc43)cc2)c2ccc3ccc4ccccc4c3c2)c(-c2cccc3oc4ccccc4c23)c1. The number of nitrogens with zero attached hydrogens (tertiary/aromatic N) is 2. The van der Waals surface area contributed by atoms with E-state index in [1.165, 1.54) is 43.4 Å². The average molecular weight is 677 g/mol. The minimum Gasteiger partial charge on any atom is -0.456 e. The van der Waals surface area contributed by atoms with Gasteiger partial charge in [0.1, 0.15) is 11.2 Å². The fraction of sp³-hybridized carbons (Fsp3) is 0. The molecule has 0 saturated heterocycles. The second kappa shape index (κ2) is 11.7. The molecule has 2 heterocycles. The van der Waals surface area contributed by atoms with Gasteiger partial charge in [0.2, 0.25) is 0 Å². The molecule has 0 saturated carbocycles. The summed E-state index contributed by atoms with van der Waals surface area (Å²) in [4.78, 5) is 2.41. The fourth-order valence-electron chi connectivity index (χ4n) is 8.40. The van der Waals surface area contributed by atoms with E-state index in [1.54, 1.807) is 0 Å². The molecule has 0 atom stereocenters. The van der Waals surface area contributed by atoms with E-state index in [0.29, 0.717) is 0 Å². The zero-order valence-electron chi connectivity index (χ0n) is 28.8. The van der Waals surface area contributed by atoms with Crippen LogP contribution in [0.1, 0.15) is 0 Å². The van der Waals surface area contributed by atoms with Crippen molar-refractivity contribution in [2.45, 2.75) is 0 Å². The summed E-state index contributed by atoms with van der Waals surface area (Å²) in [5.41, 5.74) is 10.8. The van der Waals surface area contributed by atoms with Crippen LogP contribution in [0.5, 0.6) is 0 Å². The smallest absolute Gasteiger partial charge is 0.136 e. The van der Waals surface area contributed by atoms with Crippen molar-refractivity contribution in [3.63, 3.8) is 0 Å². The molecule has 53 heavy (non-hydrogen) atoms. The minimum absolute atomic E-state index is 0.887. The van der Waals surface area contributed by atoms with Crippen molar-refractivity contribution in [3.8, 4) is 16.8 Å². The number of hydrogen-bond acceptors (Lipinski definition) is 2. The number of furan rings is 1. The van der Waals surface area contributed by atoms with Gasteiger partial charge in [-0.1, -0.05) is 127 Å². The highest BCUT2D eigenvalue weighted by atomic mass is 16.3. The van der Waals surface area contributed by atoms with Crippen molar-refractivity contribution in [2.75, 3.05) is 4.90 Å². The van der Waals surface area contributed by atoms with Gasteiger partial charge in [0, 0.05) is 44.2 Å². The Morgan fingerprint density at radius 3 is 1.74 bits per heavy atom. The largest absolute Gasteiger partial charge is 0.456 e. The molecular formula is C50H32N2O. The maximum Gasteiger partial charge on any atom is 0.136 e. The molecule has 0 fully saturated rings. The lowest BCUT2D eigenvalue weighted by Crippen LogP contribution is -2.11. The highest BCUT2D eigenvalue weighted by molar-refractivity contribution is 6.14. The van der Waals surface area contributed by atoms with E-state index in [0.717, 1.165) is 55.8 Å². The second-order valence-electron chi connectivity index (χ2n) is 13.7. The predicted octanol–water partition coefficient (Wildman–Crippen LogP) is 14.1. The van der Waals surface area contributed by atoms with Crippen molar-refractivity contribution < 1.29 is 4.42 Å². The van der Waals surface area contributed by atoms with Gasteiger partial charge in [-0.05, 0) is 93.8 Å². The van der Waals surface area contributed by atoms with Crippen molar-refractivity contribution in [1.29, 1.82) is 0 Å². The highest BCUT2D eigenvalue weighted by Crippen LogP contribution is 2.46. The van der Waals surface area contributed by atoms with Crippen LogP contribution in [0.15, 0.2) is 199 Å². The molecule has 0 aliphatic rings. The van der Waals surface area contributed by atoms with Gasteiger partial charge in [0.15, 0.2) is 0 Å². The van der Waals surface area contributed by atoms with Gasteiger partial charge in [-0.25, -0.2) is 0 Å². The van der Waals surface area contributed by atoms with Gasteiger partial charge < -0.3 is 13.9 Å². The first kappa shape index (κ1) is 29.6. The summed E-state index contributed by atoms with van der Waals surface area (Å²) in [6.45, 7) is 0. The van der Waals surface area contributed by atoms with Gasteiger partial charge in [-0.15, -0.1) is 0 Å². The van der Waals surface area contributed by atoms with Gasteiger partial charge in [0.25, 0.3) is 0 Å². The number of benzene rings is 9. The molecule has 0 amide bonds. The van der Waals surface area contributed by atoms with Crippen LogP contribution in [0, 0.1) is 0 Å². The first-order chi connectivity index (χ1) is 26.3. The van der Waals surface area contributed by atoms with Gasteiger partial charge in [-0.2, -0.15) is 0 Å². The Kier molecular flexibility index (Phi) is 6.55. The normalized spacial score (nSPS) is 11.8. The maximum atomic E-state index is 6.37. The van der Waals surface area contributed by atoms with Crippen molar-refractivity contribution in [3.05, 3.63) is 194 Å². The summed E-state index contributed by atoms with van der Waals surface area (Å²) in [6, 6.07) is 69.8. The zero-order chi connectivity index (χ0) is 34.9. The van der Waals surface area contributed by atoms with E-state index in [9.17, 15) is 0 Å². The standard InChI is InChI=1S/C50H32N2O/c1-2-13-38-33(12-1)24-25-34-26-27-37(32-44(34)38)51(35-28-30-36(31-29-35)52-46-20-8-3-14-39(46)40-15-4-9-21-47(40)52)45-19-7-5-16-41(45)42-18-11-23-49-50(42)43-17-6-10-22-48(43)53-49/h1-32H. The minimum atomic E-state index is 0.887. The Morgan fingerprint density at radius 2 is 0.943 bits per heavy atom. The molecule has 3 nitrogen and oxygen atoms in total. The molecule has 0 spiro atoms. The third kappa shape index (κ3) is 4.61. The van der Waals surface area contributed by atoms with E-state index in [2.05, 4.69) is 198 Å². The lowest BCUT2D eigenvalue weighted by atomic mass is 9.96. The molecule has 11 aromatic rings. The van der Waals surface area contributed by atoms with Gasteiger partial charge >= 0.3 is 0 Å². The van der Waals surface area contributed by atoms with Crippen LogP contribution >= 0.6 is 0 Å². The van der Waals surface area contributed by atoms with Gasteiger partial charge in [-0.3, -0.25) is 0 Å². The van der Waals surface area contributed by atoms with E-state index in [4.69, 9.17) is 4.42 Å². The van der Waals surface area contributed by atoms with E-state index >= 15 is 0 Å². The number of hydrogen-bond donors (Lipinski definition) is 0. The molecule has 9 aromatic carbocycles. The number of rotatable bonds is 5. The Morgan fingerprint density at radius 1 is 0.377 bits per heavy atom. The van der Waals surface area contributed by atoms with Crippen LogP contribution < -0.4 is 4.90 Å². The number of fused-ring (bicyclic) bond motifs is 9. The summed E-state index contributed by atoms with van der Waals surface area (Å²) in [5, 5.41) is 9.69. The van der Waals surface area contributed by atoms with Crippen LogP contribution in [-0.2, 0) is 0 Å². The summed E-state index contributed by atoms with van der Waals surface area (Å²) < 4.78 is 8.74. The first-order valence-corrected chi connectivity index (χ1v) is 18.1. The molecule has 0 radical (unpaired) electrons. The van der Waals surface area contributed by atoms with Crippen LogP contribution in [0.2, 0.25) is 0 Å². The first-order valence-electron chi connectivity index (χ1n) is 18.1. The molecule has 2 aromatic heterocycles. The quantitative estimate of drug-likeness (QED) is 0.169. The Labute approximate surface area is 306 Å². The molecule has 0 aliphatic heterocycles. The van der Waals surface area contributed by atoms with Crippen LogP contribution in [0.4, 0.5) is 17.1 Å². The summed E-state index contributed by atoms with van der Waals surface area (Å²) in [6.07, 6.45) is 0. The Balaban J connectivity index is 1.15. The number of para-hydroxylation sites is 4. The topological polar surface area (TPSA) is 21.3 Å². The average Bonchev–Trinajstić information content (AvgIpc) is 3.78. The highest BCUT2D eigenvalue weighted by Gasteiger charge is 2.21. The molecule has 0 N–H and O–H groups in total. The van der Waals surface area contributed by atoms with Crippen molar-refractivity contribution in [2.24, 2.45) is 0 Å². The summed E-state index contributed by atoms with van der Waals surface area (Å²) in [7, 11) is 0. The molecule has 248 valence electrons. The predicted molar refractivity (Wildman–Crippen MR) is 223 cm³/mol. The van der Waals surface area contributed by atoms with Gasteiger partial charge in [0.05, 0.1) is 16.7 Å². The van der Waals surface area contributed by atoms with E-state index in [-0.39, 0.29) is 0 Å². The fourth-order valence-corrected chi connectivity index (χ4v) is 8.40. The molecule has 11 rings (SSSR count). The van der Waals surface area contributed by atoms with Crippen molar-refractivity contribution >= 4 is 82.4 Å². The zero-order valence-corrected chi connectivity index (χ0v) is 28.8.